The zero-order valence-corrected chi connectivity index (χ0v) is 8.56. The summed E-state index contributed by atoms with van der Waals surface area (Å²) >= 11 is 5.50. The second kappa shape index (κ2) is 3.29. The molecule has 0 saturated heterocycles. The van der Waals surface area contributed by atoms with Gasteiger partial charge in [-0.2, -0.15) is 0 Å². The van der Waals surface area contributed by atoms with Gasteiger partial charge in [0.15, 0.2) is 17.3 Å². The Morgan fingerprint density at radius 1 is 1.43 bits per heavy atom. The maximum atomic E-state index is 13.5. The van der Waals surface area contributed by atoms with Crippen LogP contribution in [0.2, 0.25) is 5.02 Å². The molecule has 0 aliphatic carbocycles. The van der Waals surface area contributed by atoms with Gasteiger partial charge in [0.2, 0.25) is 0 Å². The van der Waals surface area contributed by atoms with Gasteiger partial charge in [0.05, 0.1) is 10.6 Å². The molecule has 5 heteroatoms. The average molecular weight is 220 g/mol. The van der Waals surface area contributed by atoms with Crippen molar-refractivity contribution in [1.82, 2.24) is 0 Å². The molecule has 0 amide bonds. The highest BCUT2D eigenvalue weighted by atomic mass is 35.5. The standard InChI is InChI=1S/C9H11ClFNO2/c1-9(2,12)6-7(11)4(10)3-5(13)8(6)14/h3,13-14H,12H2,1-2H3. The van der Waals surface area contributed by atoms with E-state index < -0.39 is 22.9 Å². The van der Waals surface area contributed by atoms with Crippen molar-refractivity contribution in [3.8, 4) is 11.5 Å². The van der Waals surface area contributed by atoms with Crippen molar-refractivity contribution in [1.29, 1.82) is 0 Å². The van der Waals surface area contributed by atoms with Crippen LogP contribution in [0.25, 0.3) is 0 Å². The van der Waals surface area contributed by atoms with Crippen LogP contribution in [0.5, 0.6) is 11.5 Å². The van der Waals surface area contributed by atoms with Crippen LogP contribution in [0, 0.1) is 5.82 Å². The predicted octanol–water partition coefficient (Wildman–Crippen LogP) is 2.08. The van der Waals surface area contributed by atoms with Crippen LogP contribution >= 0.6 is 11.6 Å². The summed E-state index contributed by atoms with van der Waals surface area (Å²) < 4.78 is 13.5. The lowest BCUT2D eigenvalue weighted by atomic mass is 9.93. The number of phenolic OH excluding ortho intramolecular Hbond substituents is 2. The van der Waals surface area contributed by atoms with Crippen LogP contribution in [0.3, 0.4) is 0 Å². The van der Waals surface area contributed by atoms with E-state index in [-0.39, 0.29) is 10.6 Å². The lowest BCUT2D eigenvalue weighted by molar-refractivity contribution is 0.376. The second-order valence-electron chi connectivity index (χ2n) is 3.64. The molecule has 0 radical (unpaired) electrons. The molecule has 0 saturated carbocycles. The van der Waals surface area contributed by atoms with Crippen molar-refractivity contribution in [3.63, 3.8) is 0 Å². The highest BCUT2D eigenvalue weighted by Crippen LogP contribution is 2.39. The molecule has 0 aliphatic rings. The molecule has 4 N–H and O–H groups in total. The predicted molar refractivity (Wildman–Crippen MR) is 52.0 cm³/mol. The summed E-state index contributed by atoms with van der Waals surface area (Å²) in [5, 5.41) is 18.4. The van der Waals surface area contributed by atoms with Crippen molar-refractivity contribution in [2.24, 2.45) is 5.73 Å². The first-order valence-corrected chi connectivity index (χ1v) is 4.32. The molecule has 0 aromatic heterocycles. The Kier molecular flexibility index (Phi) is 2.61. The second-order valence-corrected chi connectivity index (χ2v) is 4.04. The topological polar surface area (TPSA) is 66.5 Å². The minimum Gasteiger partial charge on any atom is -0.504 e. The van der Waals surface area contributed by atoms with Gasteiger partial charge in [-0.1, -0.05) is 11.6 Å². The van der Waals surface area contributed by atoms with Gasteiger partial charge in [0.1, 0.15) is 0 Å². The monoisotopic (exact) mass is 219 g/mol. The number of hydrogen-bond donors (Lipinski definition) is 3. The molecule has 14 heavy (non-hydrogen) atoms. The molecule has 1 aromatic carbocycles. The van der Waals surface area contributed by atoms with E-state index >= 15 is 0 Å². The summed E-state index contributed by atoms with van der Waals surface area (Å²) in [4.78, 5) is 0. The quantitative estimate of drug-likeness (QED) is 0.634. The molecular weight excluding hydrogens is 209 g/mol. The Morgan fingerprint density at radius 3 is 2.36 bits per heavy atom. The molecule has 1 aromatic rings. The van der Waals surface area contributed by atoms with Crippen LogP contribution in [0.15, 0.2) is 6.07 Å². The van der Waals surface area contributed by atoms with E-state index in [9.17, 15) is 14.6 Å². The normalized spacial score (nSPS) is 11.8. The fourth-order valence-corrected chi connectivity index (χ4v) is 1.39. The molecule has 3 nitrogen and oxygen atoms in total. The zero-order valence-electron chi connectivity index (χ0n) is 7.81. The Balaban J connectivity index is 3.56. The van der Waals surface area contributed by atoms with Crippen molar-refractivity contribution in [2.45, 2.75) is 19.4 Å². The molecular formula is C9H11ClFNO2. The van der Waals surface area contributed by atoms with Gasteiger partial charge in [0.25, 0.3) is 0 Å². The summed E-state index contributed by atoms with van der Waals surface area (Å²) in [5.41, 5.74) is 4.32. The summed E-state index contributed by atoms with van der Waals surface area (Å²) in [6.45, 7) is 3.00. The first-order chi connectivity index (χ1) is 6.25. The van der Waals surface area contributed by atoms with E-state index in [2.05, 4.69) is 0 Å². The van der Waals surface area contributed by atoms with Crippen LogP contribution in [-0.2, 0) is 5.54 Å². The molecule has 1 rings (SSSR count). The van der Waals surface area contributed by atoms with Crippen molar-refractivity contribution in [3.05, 3.63) is 22.5 Å². The number of aromatic hydroxyl groups is 2. The van der Waals surface area contributed by atoms with Crippen LogP contribution < -0.4 is 5.73 Å². The van der Waals surface area contributed by atoms with Crippen molar-refractivity contribution >= 4 is 11.6 Å². The van der Waals surface area contributed by atoms with Gasteiger partial charge in [-0.3, -0.25) is 0 Å². The Labute approximate surface area is 85.9 Å². The van der Waals surface area contributed by atoms with Gasteiger partial charge >= 0.3 is 0 Å². The summed E-state index contributed by atoms with van der Waals surface area (Å²) in [7, 11) is 0. The molecule has 0 unspecified atom stereocenters. The van der Waals surface area contributed by atoms with E-state index in [4.69, 9.17) is 17.3 Å². The number of halogens is 2. The summed E-state index contributed by atoms with van der Waals surface area (Å²) in [6.07, 6.45) is 0. The fourth-order valence-electron chi connectivity index (χ4n) is 1.19. The van der Waals surface area contributed by atoms with Gasteiger partial charge in [0, 0.05) is 11.6 Å². The van der Waals surface area contributed by atoms with Crippen LogP contribution in [-0.4, -0.2) is 10.2 Å². The first-order valence-electron chi connectivity index (χ1n) is 3.94. The largest absolute Gasteiger partial charge is 0.504 e. The smallest absolute Gasteiger partial charge is 0.165 e. The molecule has 0 atom stereocenters. The third kappa shape index (κ3) is 1.76. The third-order valence-electron chi connectivity index (χ3n) is 1.82. The maximum absolute atomic E-state index is 13.5. The van der Waals surface area contributed by atoms with Gasteiger partial charge in [-0.05, 0) is 13.8 Å². The van der Waals surface area contributed by atoms with Crippen LogP contribution in [0.4, 0.5) is 4.39 Å². The minimum atomic E-state index is -1.11. The molecule has 0 spiro atoms. The number of nitrogens with two attached hydrogens (primary N) is 1. The lowest BCUT2D eigenvalue weighted by Gasteiger charge is -2.22. The SMILES string of the molecule is CC(C)(N)c1c(O)c(O)cc(Cl)c1F. The fraction of sp³-hybridized carbons (Fsp3) is 0.333. The van der Waals surface area contributed by atoms with E-state index in [1.54, 1.807) is 0 Å². The average Bonchev–Trinajstić information content (AvgIpc) is 1.98. The van der Waals surface area contributed by atoms with E-state index in [0.29, 0.717) is 0 Å². The van der Waals surface area contributed by atoms with E-state index in [1.807, 2.05) is 0 Å². The number of phenols is 2. The van der Waals surface area contributed by atoms with Gasteiger partial charge < -0.3 is 15.9 Å². The molecule has 78 valence electrons. The molecule has 0 bridgehead atoms. The van der Waals surface area contributed by atoms with Crippen molar-refractivity contribution in [2.75, 3.05) is 0 Å². The van der Waals surface area contributed by atoms with Gasteiger partial charge in [-0.15, -0.1) is 0 Å². The Hall–Kier alpha value is -1.00. The molecule has 0 fully saturated rings. The van der Waals surface area contributed by atoms with E-state index in [1.165, 1.54) is 13.8 Å². The molecule has 0 aliphatic heterocycles. The van der Waals surface area contributed by atoms with E-state index in [0.717, 1.165) is 6.07 Å². The third-order valence-corrected chi connectivity index (χ3v) is 2.09. The Bertz CT molecular complexity index is 348. The molecule has 0 heterocycles. The summed E-state index contributed by atoms with van der Waals surface area (Å²) in [6, 6.07) is 0.932. The van der Waals surface area contributed by atoms with Crippen LogP contribution in [0.1, 0.15) is 19.4 Å². The minimum absolute atomic E-state index is 0.192. The zero-order chi connectivity index (χ0) is 11.1. The maximum Gasteiger partial charge on any atom is 0.165 e. The number of rotatable bonds is 1. The highest BCUT2D eigenvalue weighted by molar-refractivity contribution is 6.31. The highest BCUT2D eigenvalue weighted by Gasteiger charge is 2.27. The van der Waals surface area contributed by atoms with Gasteiger partial charge in [-0.25, -0.2) is 4.39 Å². The Morgan fingerprint density at radius 2 is 1.93 bits per heavy atom. The first kappa shape index (κ1) is 11.1. The lowest BCUT2D eigenvalue weighted by Crippen LogP contribution is -2.30. The number of hydrogen-bond acceptors (Lipinski definition) is 3. The summed E-state index contributed by atoms with van der Waals surface area (Å²) in [5.74, 6) is -1.86. The number of benzene rings is 1. The van der Waals surface area contributed by atoms with Crippen molar-refractivity contribution < 1.29 is 14.6 Å².